The fraction of sp³-hybridized carbons (Fsp3) is 0.318. The molecule has 6 nitrogen and oxygen atoms in total. The summed E-state index contributed by atoms with van der Waals surface area (Å²) in [6, 6.07) is 17.9. The number of anilines is 2. The number of benzene rings is 2. The molecule has 0 radical (unpaired) electrons. The van der Waals surface area contributed by atoms with Gasteiger partial charge in [0.15, 0.2) is 5.17 Å². The zero-order chi connectivity index (χ0) is 20.6. The number of carbonyl (C=O) groups is 2. The molecular weight excluding hydrogens is 384 g/mol. The molecule has 29 heavy (non-hydrogen) atoms. The maximum absolute atomic E-state index is 12.2. The molecule has 0 bridgehead atoms. The first kappa shape index (κ1) is 20.9. The fourth-order valence-corrected chi connectivity index (χ4v) is 3.83. The van der Waals surface area contributed by atoms with Gasteiger partial charge in [-0.2, -0.15) is 0 Å². The van der Waals surface area contributed by atoms with Gasteiger partial charge in [0.2, 0.25) is 5.91 Å². The number of aryl methyl sites for hydroxylation is 1. The van der Waals surface area contributed by atoms with Crippen LogP contribution in [0.4, 0.5) is 11.4 Å². The summed E-state index contributed by atoms with van der Waals surface area (Å²) < 4.78 is 0. The lowest BCUT2D eigenvalue weighted by molar-refractivity contribution is -0.118. The average molecular weight is 411 g/mol. The van der Waals surface area contributed by atoms with E-state index in [2.05, 4.69) is 27.3 Å². The van der Waals surface area contributed by atoms with Crippen LogP contribution in [0.3, 0.4) is 0 Å². The van der Waals surface area contributed by atoms with Crippen LogP contribution >= 0.6 is 11.8 Å². The number of rotatable bonds is 8. The molecule has 1 aliphatic heterocycles. The first-order valence-electron chi connectivity index (χ1n) is 9.64. The highest BCUT2D eigenvalue weighted by Crippen LogP contribution is 2.24. The van der Waals surface area contributed by atoms with Gasteiger partial charge in [0.25, 0.3) is 5.91 Å². The van der Waals surface area contributed by atoms with Gasteiger partial charge in [0.05, 0.1) is 11.4 Å². The highest BCUT2D eigenvalue weighted by molar-refractivity contribution is 8.14. The molecule has 1 N–H and O–H groups in total. The van der Waals surface area contributed by atoms with E-state index in [0.717, 1.165) is 29.9 Å². The quantitative estimate of drug-likeness (QED) is 0.680. The molecule has 1 heterocycles. The predicted molar refractivity (Wildman–Crippen MR) is 121 cm³/mol. The number of amides is 2. The van der Waals surface area contributed by atoms with E-state index >= 15 is 0 Å². The lowest BCUT2D eigenvalue weighted by Gasteiger charge is -2.19. The number of amidine groups is 1. The van der Waals surface area contributed by atoms with Crippen molar-refractivity contribution < 1.29 is 9.59 Å². The van der Waals surface area contributed by atoms with Crippen molar-refractivity contribution in [2.45, 2.75) is 13.3 Å². The normalized spacial score (nSPS) is 13.4. The molecule has 0 fully saturated rings. The molecule has 0 aliphatic carbocycles. The molecule has 0 unspecified atom stereocenters. The van der Waals surface area contributed by atoms with Crippen molar-refractivity contribution in [1.29, 1.82) is 0 Å². The molecule has 7 heteroatoms. The van der Waals surface area contributed by atoms with Gasteiger partial charge in [0.1, 0.15) is 6.54 Å². The van der Waals surface area contributed by atoms with E-state index in [4.69, 9.17) is 0 Å². The molecule has 0 saturated carbocycles. The number of hydrogen-bond acceptors (Lipinski definition) is 5. The summed E-state index contributed by atoms with van der Waals surface area (Å²) in [4.78, 5) is 32.4. The molecule has 2 amide bonds. The van der Waals surface area contributed by atoms with Crippen LogP contribution in [0.15, 0.2) is 59.6 Å². The minimum Gasteiger partial charge on any atom is -0.375 e. The Bertz CT molecular complexity index is 868. The lowest BCUT2D eigenvalue weighted by atomic mass is 10.2. The first-order chi connectivity index (χ1) is 14.0. The van der Waals surface area contributed by atoms with Gasteiger partial charge >= 0.3 is 0 Å². The van der Waals surface area contributed by atoms with E-state index in [-0.39, 0.29) is 24.1 Å². The summed E-state index contributed by atoms with van der Waals surface area (Å²) in [5, 5.41) is 3.52. The van der Waals surface area contributed by atoms with Gasteiger partial charge < -0.3 is 10.2 Å². The van der Waals surface area contributed by atoms with Gasteiger partial charge in [-0.1, -0.05) is 47.7 Å². The highest BCUT2D eigenvalue weighted by atomic mass is 32.2. The molecule has 152 valence electrons. The van der Waals surface area contributed by atoms with Gasteiger partial charge in [-0.05, 0) is 37.6 Å². The standard InChI is InChI=1S/C22H26N4O2S/c1-17-9-11-19(12-10-17)26-21(28)15-24-22(26)29-16-20(27)23-13-6-14-25(2)18-7-4-3-5-8-18/h3-5,7-12H,6,13-16H2,1-2H3,(H,23,27). The average Bonchev–Trinajstić information content (AvgIpc) is 3.11. The van der Waals surface area contributed by atoms with Crippen LogP contribution in [-0.4, -0.2) is 49.4 Å². The Morgan fingerprint density at radius 1 is 1.17 bits per heavy atom. The van der Waals surface area contributed by atoms with Crippen LogP contribution in [0.1, 0.15) is 12.0 Å². The molecule has 2 aromatic carbocycles. The molecule has 0 saturated heterocycles. The van der Waals surface area contributed by atoms with E-state index in [1.165, 1.54) is 11.8 Å². The maximum Gasteiger partial charge on any atom is 0.254 e. The lowest BCUT2D eigenvalue weighted by Crippen LogP contribution is -2.33. The van der Waals surface area contributed by atoms with E-state index < -0.39 is 0 Å². The molecule has 3 rings (SSSR count). The molecule has 0 atom stereocenters. The Kier molecular flexibility index (Phi) is 7.30. The largest absolute Gasteiger partial charge is 0.375 e. The SMILES string of the molecule is Cc1ccc(N2C(=O)CN=C2SCC(=O)NCCCN(C)c2ccccc2)cc1. The third-order valence-electron chi connectivity index (χ3n) is 4.60. The number of nitrogens with zero attached hydrogens (tertiary/aromatic N) is 3. The Hall–Kier alpha value is -2.80. The molecule has 0 spiro atoms. The van der Waals surface area contributed by atoms with Crippen molar-refractivity contribution in [3.05, 3.63) is 60.2 Å². The zero-order valence-electron chi connectivity index (χ0n) is 16.8. The molecule has 1 aliphatic rings. The van der Waals surface area contributed by atoms with Crippen molar-refractivity contribution in [2.75, 3.05) is 42.2 Å². The number of nitrogens with one attached hydrogen (secondary N) is 1. The Morgan fingerprint density at radius 3 is 2.62 bits per heavy atom. The van der Waals surface area contributed by atoms with E-state index in [0.29, 0.717) is 11.7 Å². The minimum absolute atomic E-state index is 0.0525. The fourth-order valence-electron chi connectivity index (χ4n) is 2.98. The van der Waals surface area contributed by atoms with Crippen LogP contribution < -0.4 is 15.1 Å². The molecule has 2 aromatic rings. The van der Waals surface area contributed by atoms with E-state index in [1.807, 2.05) is 56.4 Å². The minimum atomic E-state index is -0.0688. The van der Waals surface area contributed by atoms with E-state index in [9.17, 15) is 9.59 Å². The third-order valence-corrected chi connectivity index (χ3v) is 5.58. The summed E-state index contributed by atoms with van der Waals surface area (Å²) in [5.41, 5.74) is 3.08. The summed E-state index contributed by atoms with van der Waals surface area (Å²) in [7, 11) is 2.04. The summed E-state index contributed by atoms with van der Waals surface area (Å²) in [6.07, 6.45) is 0.858. The second kappa shape index (κ2) is 10.1. The number of para-hydroxylation sites is 1. The van der Waals surface area contributed by atoms with Gasteiger partial charge in [-0.25, -0.2) is 0 Å². The maximum atomic E-state index is 12.2. The van der Waals surface area contributed by atoms with Crippen molar-refractivity contribution in [2.24, 2.45) is 4.99 Å². The summed E-state index contributed by atoms with van der Waals surface area (Å²) >= 11 is 1.30. The van der Waals surface area contributed by atoms with Gasteiger partial charge in [-0.3, -0.25) is 19.5 Å². The third kappa shape index (κ3) is 5.84. The smallest absolute Gasteiger partial charge is 0.254 e. The van der Waals surface area contributed by atoms with Gasteiger partial charge in [-0.15, -0.1) is 0 Å². The first-order valence-corrected chi connectivity index (χ1v) is 10.6. The second-order valence-corrected chi connectivity index (χ2v) is 7.86. The van der Waals surface area contributed by atoms with Crippen LogP contribution in [0.2, 0.25) is 0 Å². The van der Waals surface area contributed by atoms with Gasteiger partial charge in [0, 0.05) is 25.8 Å². The van der Waals surface area contributed by atoms with Crippen LogP contribution in [0, 0.1) is 6.92 Å². The Morgan fingerprint density at radius 2 is 1.90 bits per heavy atom. The van der Waals surface area contributed by atoms with Crippen molar-refractivity contribution in [3.8, 4) is 0 Å². The summed E-state index contributed by atoms with van der Waals surface area (Å²) in [6.45, 7) is 3.61. The van der Waals surface area contributed by atoms with E-state index in [1.54, 1.807) is 4.90 Å². The topological polar surface area (TPSA) is 65.0 Å². The van der Waals surface area contributed by atoms with Crippen molar-refractivity contribution in [3.63, 3.8) is 0 Å². The van der Waals surface area contributed by atoms with Crippen LogP contribution in [-0.2, 0) is 9.59 Å². The Labute approximate surface area is 176 Å². The molecule has 0 aromatic heterocycles. The predicted octanol–water partition coefficient (Wildman–Crippen LogP) is 3.07. The molecular formula is C22H26N4O2S. The Balaban J connectivity index is 1.40. The van der Waals surface area contributed by atoms with Crippen LogP contribution in [0.5, 0.6) is 0 Å². The summed E-state index contributed by atoms with van der Waals surface area (Å²) in [5.74, 6) is 0.118. The monoisotopic (exact) mass is 410 g/mol. The second-order valence-electron chi connectivity index (χ2n) is 6.91. The number of aliphatic imine (C=N–C) groups is 1. The number of thioether (sulfide) groups is 1. The number of hydrogen-bond donors (Lipinski definition) is 1. The zero-order valence-corrected chi connectivity index (χ0v) is 17.6. The van der Waals surface area contributed by atoms with Crippen LogP contribution in [0.25, 0.3) is 0 Å². The number of carbonyl (C=O) groups excluding carboxylic acids is 2. The van der Waals surface area contributed by atoms with Crippen molar-refractivity contribution in [1.82, 2.24) is 5.32 Å². The highest BCUT2D eigenvalue weighted by Gasteiger charge is 2.27. The van der Waals surface area contributed by atoms with Crippen molar-refractivity contribution >= 4 is 40.1 Å².